The Morgan fingerprint density at radius 2 is 2.05 bits per heavy atom. The van der Waals surface area contributed by atoms with Gasteiger partial charge in [0, 0.05) is 17.1 Å². The average molecular weight is 274 g/mol. The van der Waals surface area contributed by atoms with Gasteiger partial charge in [0.2, 0.25) is 0 Å². The molecule has 3 nitrogen and oxygen atoms in total. The zero-order valence-corrected chi connectivity index (χ0v) is 12.3. The van der Waals surface area contributed by atoms with Crippen LogP contribution >= 0.6 is 11.3 Å². The molecular weight excluding hydrogens is 256 g/mol. The lowest BCUT2D eigenvalue weighted by Gasteiger charge is -2.14. The summed E-state index contributed by atoms with van der Waals surface area (Å²) < 4.78 is 0. The smallest absolute Gasteiger partial charge is 0.186 e. The number of carbonyl (C=O) groups excluding carboxylic acids is 1. The summed E-state index contributed by atoms with van der Waals surface area (Å²) in [5, 5.41) is 0. The van der Waals surface area contributed by atoms with Gasteiger partial charge < -0.3 is 0 Å². The molecular formula is C15H18N2OS. The Balaban J connectivity index is 1.94. The number of Topliss-reactive ketones (excluding diaryl/α,β-unsaturated/α-hetero) is 1. The zero-order chi connectivity index (χ0) is 13.8. The van der Waals surface area contributed by atoms with E-state index in [1.807, 2.05) is 56.1 Å². The van der Waals surface area contributed by atoms with Gasteiger partial charge in [0.25, 0.3) is 0 Å². The first kappa shape index (κ1) is 13.9. The van der Waals surface area contributed by atoms with Gasteiger partial charge in [-0.15, -0.1) is 11.3 Å². The minimum atomic E-state index is 0.174. The molecule has 0 saturated heterocycles. The maximum Gasteiger partial charge on any atom is 0.186 e. The molecule has 0 radical (unpaired) electrons. The van der Waals surface area contributed by atoms with Gasteiger partial charge >= 0.3 is 0 Å². The molecule has 0 amide bonds. The fourth-order valence-corrected chi connectivity index (χ4v) is 2.72. The van der Waals surface area contributed by atoms with Gasteiger partial charge in [-0.3, -0.25) is 14.7 Å². The quantitative estimate of drug-likeness (QED) is 0.786. The number of thiophene rings is 1. The number of carbonyl (C=O) groups is 1. The SMILES string of the molecule is Cc1cccc(CN(C)CC(=O)c2ccc(C)s2)n1. The Bertz CT molecular complexity index is 577. The lowest BCUT2D eigenvalue weighted by Crippen LogP contribution is -2.25. The Morgan fingerprint density at radius 3 is 2.68 bits per heavy atom. The van der Waals surface area contributed by atoms with Crippen LogP contribution in [0.25, 0.3) is 0 Å². The highest BCUT2D eigenvalue weighted by molar-refractivity contribution is 7.14. The number of hydrogen-bond acceptors (Lipinski definition) is 4. The Hall–Kier alpha value is -1.52. The van der Waals surface area contributed by atoms with Gasteiger partial charge in [0.1, 0.15) is 0 Å². The highest BCUT2D eigenvalue weighted by atomic mass is 32.1. The van der Waals surface area contributed by atoms with E-state index >= 15 is 0 Å². The number of nitrogens with zero attached hydrogens (tertiary/aromatic N) is 2. The fraction of sp³-hybridized carbons (Fsp3) is 0.333. The van der Waals surface area contributed by atoms with Crippen molar-refractivity contribution in [2.75, 3.05) is 13.6 Å². The molecule has 0 unspecified atom stereocenters. The van der Waals surface area contributed by atoms with Gasteiger partial charge in [0.05, 0.1) is 17.1 Å². The molecule has 0 aromatic carbocycles. The van der Waals surface area contributed by atoms with Crippen molar-refractivity contribution >= 4 is 17.1 Å². The van der Waals surface area contributed by atoms with Crippen molar-refractivity contribution in [3.8, 4) is 0 Å². The van der Waals surface area contributed by atoms with E-state index in [0.717, 1.165) is 16.3 Å². The maximum absolute atomic E-state index is 12.1. The minimum Gasteiger partial charge on any atom is -0.293 e. The number of aryl methyl sites for hydroxylation is 2. The summed E-state index contributed by atoms with van der Waals surface area (Å²) in [6, 6.07) is 9.85. The molecule has 2 rings (SSSR count). The molecule has 19 heavy (non-hydrogen) atoms. The molecule has 2 aromatic heterocycles. The molecule has 0 fully saturated rings. The molecule has 100 valence electrons. The van der Waals surface area contributed by atoms with Crippen molar-refractivity contribution in [3.63, 3.8) is 0 Å². The number of rotatable bonds is 5. The van der Waals surface area contributed by atoms with E-state index in [4.69, 9.17) is 0 Å². The molecule has 0 atom stereocenters. The van der Waals surface area contributed by atoms with E-state index in [2.05, 4.69) is 4.98 Å². The topological polar surface area (TPSA) is 33.2 Å². The highest BCUT2D eigenvalue weighted by Gasteiger charge is 2.11. The standard InChI is InChI=1S/C15H18N2OS/c1-11-5-4-6-13(16-11)9-17(3)10-14(18)15-8-7-12(2)19-15/h4-8H,9-10H2,1-3H3. The molecule has 0 N–H and O–H groups in total. The van der Waals surface area contributed by atoms with Gasteiger partial charge in [-0.25, -0.2) is 0 Å². The van der Waals surface area contributed by atoms with Crippen molar-refractivity contribution in [2.24, 2.45) is 0 Å². The van der Waals surface area contributed by atoms with Crippen LogP contribution < -0.4 is 0 Å². The van der Waals surface area contributed by atoms with Crippen LogP contribution in [0.5, 0.6) is 0 Å². The molecule has 2 aromatic rings. The van der Waals surface area contributed by atoms with Crippen LogP contribution in [0.2, 0.25) is 0 Å². The van der Waals surface area contributed by atoms with Crippen molar-refractivity contribution in [3.05, 3.63) is 51.5 Å². The molecule has 2 heterocycles. The highest BCUT2D eigenvalue weighted by Crippen LogP contribution is 2.16. The first-order chi connectivity index (χ1) is 9.04. The van der Waals surface area contributed by atoms with E-state index in [-0.39, 0.29) is 5.78 Å². The summed E-state index contributed by atoms with van der Waals surface area (Å²) in [4.78, 5) is 20.5. The van der Waals surface area contributed by atoms with Crippen LogP contribution in [-0.2, 0) is 6.54 Å². The molecule has 0 bridgehead atoms. The van der Waals surface area contributed by atoms with E-state index in [9.17, 15) is 4.79 Å². The summed E-state index contributed by atoms with van der Waals surface area (Å²) >= 11 is 1.55. The van der Waals surface area contributed by atoms with Crippen LogP contribution in [0.4, 0.5) is 0 Å². The van der Waals surface area contributed by atoms with Gasteiger partial charge in [-0.2, -0.15) is 0 Å². The predicted octanol–water partition coefficient (Wildman–Crippen LogP) is 3.07. The predicted molar refractivity (Wildman–Crippen MR) is 78.7 cm³/mol. The largest absolute Gasteiger partial charge is 0.293 e. The number of hydrogen-bond donors (Lipinski definition) is 0. The van der Waals surface area contributed by atoms with Gasteiger partial charge in [-0.1, -0.05) is 6.07 Å². The maximum atomic E-state index is 12.1. The van der Waals surface area contributed by atoms with Crippen molar-refractivity contribution in [1.82, 2.24) is 9.88 Å². The Morgan fingerprint density at radius 1 is 1.26 bits per heavy atom. The average Bonchev–Trinajstić information content (AvgIpc) is 2.75. The third-order valence-electron chi connectivity index (χ3n) is 2.81. The zero-order valence-electron chi connectivity index (χ0n) is 11.5. The number of ketones is 1. The van der Waals surface area contributed by atoms with E-state index in [0.29, 0.717) is 13.1 Å². The Kier molecular flexibility index (Phi) is 4.45. The number of likely N-dealkylation sites (N-methyl/N-ethyl adjacent to an activating group) is 1. The number of aromatic nitrogens is 1. The van der Waals surface area contributed by atoms with Crippen LogP contribution in [0, 0.1) is 13.8 Å². The second-order valence-electron chi connectivity index (χ2n) is 4.78. The van der Waals surface area contributed by atoms with Gasteiger partial charge in [0.15, 0.2) is 5.78 Å². The third-order valence-corrected chi connectivity index (χ3v) is 3.85. The van der Waals surface area contributed by atoms with E-state index in [1.165, 1.54) is 4.88 Å². The summed E-state index contributed by atoms with van der Waals surface area (Å²) in [6.07, 6.45) is 0. The van der Waals surface area contributed by atoms with Crippen LogP contribution in [0.3, 0.4) is 0 Å². The molecule has 4 heteroatoms. The second kappa shape index (κ2) is 6.08. The molecule has 0 spiro atoms. The molecule has 0 aliphatic heterocycles. The Labute approximate surface area is 117 Å². The monoisotopic (exact) mass is 274 g/mol. The third kappa shape index (κ3) is 3.98. The minimum absolute atomic E-state index is 0.174. The summed E-state index contributed by atoms with van der Waals surface area (Å²) in [7, 11) is 1.95. The summed E-state index contributed by atoms with van der Waals surface area (Å²) in [5.74, 6) is 0.174. The van der Waals surface area contributed by atoms with Crippen molar-refractivity contribution in [2.45, 2.75) is 20.4 Å². The lowest BCUT2D eigenvalue weighted by molar-refractivity contribution is 0.0946. The van der Waals surface area contributed by atoms with Crippen LogP contribution in [-0.4, -0.2) is 29.3 Å². The van der Waals surface area contributed by atoms with Crippen LogP contribution in [0.15, 0.2) is 30.3 Å². The van der Waals surface area contributed by atoms with Crippen LogP contribution in [0.1, 0.15) is 25.9 Å². The van der Waals surface area contributed by atoms with E-state index < -0.39 is 0 Å². The van der Waals surface area contributed by atoms with Crippen molar-refractivity contribution in [1.29, 1.82) is 0 Å². The summed E-state index contributed by atoms with van der Waals surface area (Å²) in [6.45, 7) is 5.11. The molecule has 0 aliphatic rings. The van der Waals surface area contributed by atoms with Gasteiger partial charge in [-0.05, 0) is 45.2 Å². The first-order valence-corrected chi connectivity index (χ1v) is 7.07. The summed E-state index contributed by atoms with van der Waals surface area (Å²) in [5.41, 5.74) is 2.00. The fourth-order valence-electron chi connectivity index (χ4n) is 1.93. The normalized spacial score (nSPS) is 10.9. The lowest BCUT2D eigenvalue weighted by atomic mass is 10.2. The van der Waals surface area contributed by atoms with Crippen molar-refractivity contribution < 1.29 is 4.79 Å². The van der Waals surface area contributed by atoms with E-state index in [1.54, 1.807) is 11.3 Å². The molecule has 0 aliphatic carbocycles. The number of pyridine rings is 1. The molecule has 0 saturated carbocycles. The first-order valence-electron chi connectivity index (χ1n) is 6.25. The second-order valence-corrected chi connectivity index (χ2v) is 6.06.